The molecule has 4 nitrogen and oxygen atoms in total. The summed E-state index contributed by atoms with van der Waals surface area (Å²) in [6.07, 6.45) is 1.33. The smallest absolute Gasteiger partial charge is 0.253 e. The van der Waals surface area contributed by atoms with E-state index in [9.17, 15) is 9.90 Å². The first-order chi connectivity index (χ1) is 11.4. The van der Waals surface area contributed by atoms with Gasteiger partial charge in [0, 0.05) is 30.1 Å². The second-order valence-electron chi connectivity index (χ2n) is 6.70. The summed E-state index contributed by atoms with van der Waals surface area (Å²) < 4.78 is 2.17. The molecule has 0 saturated carbocycles. The Balaban J connectivity index is 2.23. The molecule has 2 rings (SSSR count). The number of nitrogens with zero attached hydrogens (tertiary/aromatic N) is 1. The Bertz CT molecular complexity index is 691. The van der Waals surface area contributed by atoms with Crippen molar-refractivity contribution >= 4 is 5.91 Å². The molecule has 1 unspecified atom stereocenters. The van der Waals surface area contributed by atoms with E-state index in [2.05, 4.69) is 22.0 Å². The lowest BCUT2D eigenvalue weighted by atomic mass is 9.94. The fourth-order valence-electron chi connectivity index (χ4n) is 2.96. The lowest BCUT2D eigenvalue weighted by Crippen LogP contribution is -2.46. The molecule has 0 aliphatic heterocycles. The van der Waals surface area contributed by atoms with Gasteiger partial charge in [0.05, 0.1) is 5.56 Å². The number of carbonyl (C=O) groups is 1. The third kappa shape index (κ3) is 4.06. The Labute approximate surface area is 144 Å². The van der Waals surface area contributed by atoms with Crippen molar-refractivity contribution in [1.29, 1.82) is 0 Å². The third-order valence-electron chi connectivity index (χ3n) is 4.86. The summed E-state index contributed by atoms with van der Waals surface area (Å²) >= 11 is 0. The molecule has 4 heteroatoms. The van der Waals surface area contributed by atoms with Gasteiger partial charge in [-0.15, -0.1) is 0 Å². The number of hydrogen-bond donors (Lipinski definition) is 2. The summed E-state index contributed by atoms with van der Waals surface area (Å²) in [6, 6.07) is 12.2. The van der Waals surface area contributed by atoms with Crippen molar-refractivity contribution < 1.29 is 9.90 Å². The molecule has 0 radical (unpaired) electrons. The molecular weight excluding hydrogens is 300 g/mol. The van der Waals surface area contributed by atoms with Gasteiger partial charge in [-0.2, -0.15) is 0 Å². The van der Waals surface area contributed by atoms with E-state index < -0.39 is 0 Å². The molecule has 1 atom stereocenters. The largest absolute Gasteiger partial charge is 0.396 e. The van der Waals surface area contributed by atoms with E-state index in [1.807, 2.05) is 52.0 Å². The maximum atomic E-state index is 12.7. The van der Waals surface area contributed by atoms with Gasteiger partial charge in [0.15, 0.2) is 0 Å². The molecule has 0 bridgehead atoms. The molecule has 0 aliphatic rings. The van der Waals surface area contributed by atoms with Crippen LogP contribution in [0.2, 0.25) is 0 Å². The van der Waals surface area contributed by atoms with E-state index >= 15 is 0 Å². The molecule has 2 aromatic rings. The van der Waals surface area contributed by atoms with Crippen LogP contribution in [0.4, 0.5) is 0 Å². The molecule has 1 amide bonds. The van der Waals surface area contributed by atoms with E-state index in [0.717, 1.165) is 24.4 Å². The van der Waals surface area contributed by atoms with Crippen LogP contribution in [0.1, 0.15) is 54.0 Å². The molecule has 0 saturated heterocycles. The van der Waals surface area contributed by atoms with Gasteiger partial charge < -0.3 is 15.0 Å². The quantitative estimate of drug-likeness (QED) is 0.818. The van der Waals surface area contributed by atoms with Gasteiger partial charge in [-0.1, -0.05) is 37.3 Å². The molecule has 1 heterocycles. The summed E-state index contributed by atoms with van der Waals surface area (Å²) in [5, 5.41) is 12.3. The lowest BCUT2D eigenvalue weighted by molar-refractivity contribution is 0.0885. The van der Waals surface area contributed by atoms with Gasteiger partial charge in [-0.3, -0.25) is 4.79 Å². The van der Waals surface area contributed by atoms with Crippen LogP contribution < -0.4 is 5.32 Å². The fraction of sp³-hybridized carbons (Fsp3) is 0.450. The first kappa shape index (κ1) is 18.3. The minimum Gasteiger partial charge on any atom is -0.396 e. The van der Waals surface area contributed by atoms with Crippen LogP contribution in [-0.4, -0.2) is 27.7 Å². The number of carbonyl (C=O) groups excluding carboxylic acids is 1. The maximum Gasteiger partial charge on any atom is 0.253 e. The highest BCUT2D eigenvalue weighted by atomic mass is 16.3. The number of aryl methyl sites for hydroxylation is 1. The van der Waals surface area contributed by atoms with Gasteiger partial charge in [0.25, 0.3) is 5.91 Å². The number of aliphatic hydroxyl groups is 1. The summed E-state index contributed by atoms with van der Waals surface area (Å²) in [5.74, 6) is -0.0692. The van der Waals surface area contributed by atoms with Crippen LogP contribution in [0.5, 0.6) is 0 Å². The van der Waals surface area contributed by atoms with Crippen LogP contribution in [0.15, 0.2) is 36.4 Å². The van der Waals surface area contributed by atoms with E-state index in [1.54, 1.807) is 0 Å². The molecule has 0 aliphatic carbocycles. The van der Waals surface area contributed by atoms with Crippen LogP contribution in [0, 0.1) is 13.8 Å². The molecule has 2 N–H and O–H groups in total. The minimum atomic E-state index is -0.381. The van der Waals surface area contributed by atoms with Gasteiger partial charge in [-0.25, -0.2) is 0 Å². The first-order valence-electron chi connectivity index (χ1n) is 8.54. The third-order valence-corrected chi connectivity index (χ3v) is 4.86. The Kier molecular flexibility index (Phi) is 5.84. The van der Waals surface area contributed by atoms with Crippen molar-refractivity contribution in [2.45, 2.75) is 52.6 Å². The topological polar surface area (TPSA) is 54.3 Å². The Morgan fingerprint density at radius 3 is 2.50 bits per heavy atom. The zero-order valence-corrected chi connectivity index (χ0v) is 15.1. The number of amides is 1. The molecule has 130 valence electrons. The van der Waals surface area contributed by atoms with Crippen LogP contribution in [-0.2, 0) is 6.54 Å². The van der Waals surface area contributed by atoms with Gasteiger partial charge in [0.2, 0.25) is 0 Å². The number of nitrogens with one attached hydrogen (secondary N) is 1. The molecule has 0 spiro atoms. The SMILES string of the molecule is CCC(C)(CCO)NC(=O)c1cc(C)n(Cc2ccccc2)c1C. The highest BCUT2D eigenvalue weighted by Gasteiger charge is 2.26. The fourth-order valence-corrected chi connectivity index (χ4v) is 2.96. The normalized spacial score (nSPS) is 13.5. The Hall–Kier alpha value is -2.07. The van der Waals surface area contributed by atoms with E-state index in [1.165, 1.54) is 5.56 Å². The van der Waals surface area contributed by atoms with E-state index in [-0.39, 0.29) is 18.1 Å². The van der Waals surface area contributed by atoms with Gasteiger partial charge >= 0.3 is 0 Å². The number of benzene rings is 1. The van der Waals surface area contributed by atoms with E-state index in [0.29, 0.717) is 12.0 Å². The summed E-state index contributed by atoms with van der Waals surface area (Å²) in [5.41, 5.74) is 3.58. The van der Waals surface area contributed by atoms with Crippen molar-refractivity contribution in [2.75, 3.05) is 6.61 Å². The molecular formula is C20H28N2O2. The van der Waals surface area contributed by atoms with Crippen LogP contribution >= 0.6 is 0 Å². The molecule has 24 heavy (non-hydrogen) atoms. The first-order valence-corrected chi connectivity index (χ1v) is 8.54. The Morgan fingerprint density at radius 2 is 1.92 bits per heavy atom. The summed E-state index contributed by atoms with van der Waals surface area (Å²) in [6.45, 7) is 8.84. The molecule has 0 fully saturated rings. The standard InChI is InChI=1S/C20H28N2O2/c1-5-20(4,11-12-23)21-19(24)18-13-15(2)22(16(18)3)14-17-9-7-6-8-10-17/h6-10,13,23H,5,11-12,14H2,1-4H3,(H,21,24). The average Bonchev–Trinajstić information content (AvgIpc) is 2.84. The second kappa shape index (κ2) is 7.67. The van der Waals surface area contributed by atoms with Gasteiger partial charge in [0.1, 0.15) is 0 Å². The number of rotatable bonds is 7. The summed E-state index contributed by atoms with van der Waals surface area (Å²) in [7, 11) is 0. The maximum absolute atomic E-state index is 12.7. The van der Waals surface area contributed by atoms with Crippen LogP contribution in [0.3, 0.4) is 0 Å². The Morgan fingerprint density at radius 1 is 1.25 bits per heavy atom. The van der Waals surface area contributed by atoms with Crippen molar-refractivity contribution in [1.82, 2.24) is 9.88 Å². The van der Waals surface area contributed by atoms with Gasteiger partial charge in [-0.05, 0) is 45.2 Å². The number of aromatic nitrogens is 1. The highest BCUT2D eigenvalue weighted by molar-refractivity contribution is 5.96. The van der Waals surface area contributed by atoms with E-state index in [4.69, 9.17) is 0 Å². The van der Waals surface area contributed by atoms with Crippen molar-refractivity contribution in [3.05, 3.63) is 58.9 Å². The average molecular weight is 328 g/mol. The minimum absolute atomic E-state index is 0.0671. The molecule has 1 aromatic heterocycles. The predicted octanol–water partition coefficient (Wildman–Crippen LogP) is 3.43. The second-order valence-corrected chi connectivity index (χ2v) is 6.70. The van der Waals surface area contributed by atoms with Crippen molar-refractivity contribution in [2.24, 2.45) is 0 Å². The highest BCUT2D eigenvalue weighted by Crippen LogP contribution is 2.20. The van der Waals surface area contributed by atoms with Crippen molar-refractivity contribution in [3.8, 4) is 0 Å². The molecule has 1 aromatic carbocycles. The zero-order valence-electron chi connectivity index (χ0n) is 15.1. The zero-order chi connectivity index (χ0) is 17.7. The number of hydrogen-bond acceptors (Lipinski definition) is 2. The lowest BCUT2D eigenvalue weighted by Gasteiger charge is -2.29. The van der Waals surface area contributed by atoms with Crippen LogP contribution in [0.25, 0.3) is 0 Å². The summed E-state index contributed by atoms with van der Waals surface area (Å²) in [4.78, 5) is 12.7. The monoisotopic (exact) mass is 328 g/mol. The van der Waals surface area contributed by atoms with Crippen molar-refractivity contribution in [3.63, 3.8) is 0 Å². The number of aliphatic hydroxyl groups excluding tert-OH is 1. The predicted molar refractivity (Wildman–Crippen MR) is 97.3 cm³/mol.